The van der Waals surface area contributed by atoms with Crippen molar-refractivity contribution in [1.29, 1.82) is 0 Å². The molecule has 2 aromatic rings. The first kappa shape index (κ1) is 12.6. The molecule has 0 bridgehead atoms. The van der Waals surface area contributed by atoms with Gasteiger partial charge in [0.2, 0.25) is 0 Å². The monoisotopic (exact) mass is 248 g/mol. The van der Waals surface area contributed by atoms with E-state index in [4.69, 9.17) is 0 Å². The van der Waals surface area contributed by atoms with Crippen molar-refractivity contribution in [3.8, 4) is 0 Å². The van der Waals surface area contributed by atoms with E-state index in [-0.39, 0.29) is 6.04 Å². The van der Waals surface area contributed by atoms with Crippen molar-refractivity contribution in [1.82, 2.24) is 10.3 Å². The van der Waals surface area contributed by atoms with Gasteiger partial charge < -0.3 is 5.32 Å². The zero-order chi connectivity index (χ0) is 13.0. The minimum absolute atomic E-state index is 0.0553. The van der Waals surface area contributed by atoms with Crippen LogP contribution in [-0.2, 0) is 6.54 Å². The predicted octanol–water partition coefficient (Wildman–Crippen LogP) is 3.21. The molecule has 94 valence electrons. The van der Waals surface area contributed by atoms with Gasteiger partial charge in [-0.2, -0.15) is 0 Å². The summed E-state index contributed by atoms with van der Waals surface area (Å²) < 4.78 is 25.9. The number of pyridine rings is 1. The minimum Gasteiger partial charge on any atom is -0.306 e. The second kappa shape index (κ2) is 5.69. The number of nitrogens with zero attached hydrogens (tertiary/aromatic N) is 1. The van der Waals surface area contributed by atoms with Gasteiger partial charge in [0.25, 0.3) is 0 Å². The molecular formula is C14H14F2N2. The van der Waals surface area contributed by atoms with Crippen molar-refractivity contribution in [2.24, 2.45) is 0 Å². The van der Waals surface area contributed by atoms with Gasteiger partial charge in [0, 0.05) is 25.0 Å². The second-order valence-electron chi connectivity index (χ2n) is 4.14. The van der Waals surface area contributed by atoms with Crippen molar-refractivity contribution in [3.63, 3.8) is 0 Å². The predicted molar refractivity (Wildman–Crippen MR) is 65.8 cm³/mol. The first-order chi connectivity index (χ1) is 8.66. The van der Waals surface area contributed by atoms with Crippen molar-refractivity contribution < 1.29 is 8.78 Å². The van der Waals surface area contributed by atoms with Gasteiger partial charge in [-0.25, -0.2) is 8.78 Å². The quantitative estimate of drug-likeness (QED) is 0.898. The Kier molecular flexibility index (Phi) is 3.99. The molecule has 0 amide bonds. The fourth-order valence-corrected chi connectivity index (χ4v) is 1.67. The van der Waals surface area contributed by atoms with Crippen molar-refractivity contribution in [2.45, 2.75) is 19.5 Å². The SMILES string of the molecule is CC(NCc1cccnc1)c1ccc(F)c(F)c1. The summed E-state index contributed by atoms with van der Waals surface area (Å²) >= 11 is 0. The highest BCUT2D eigenvalue weighted by Crippen LogP contribution is 2.16. The number of aromatic nitrogens is 1. The van der Waals surface area contributed by atoms with E-state index in [1.165, 1.54) is 6.07 Å². The molecule has 1 heterocycles. The van der Waals surface area contributed by atoms with Gasteiger partial charge >= 0.3 is 0 Å². The van der Waals surface area contributed by atoms with Crippen LogP contribution >= 0.6 is 0 Å². The number of benzene rings is 1. The van der Waals surface area contributed by atoms with E-state index in [9.17, 15) is 8.78 Å². The van der Waals surface area contributed by atoms with Crippen LogP contribution in [-0.4, -0.2) is 4.98 Å². The topological polar surface area (TPSA) is 24.9 Å². The van der Waals surface area contributed by atoms with E-state index in [0.717, 1.165) is 17.2 Å². The first-order valence-electron chi connectivity index (χ1n) is 5.74. The third kappa shape index (κ3) is 3.11. The summed E-state index contributed by atoms with van der Waals surface area (Å²) in [4.78, 5) is 4.01. The van der Waals surface area contributed by atoms with E-state index in [1.807, 2.05) is 19.1 Å². The molecule has 0 radical (unpaired) electrons. The van der Waals surface area contributed by atoms with E-state index >= 15 is 0 Å². The fraction of sp³-hybridized carbons (Fsp3) is 0.214. The zero-order valence-electron chi connectivity index (χ0n) is 10.0. The van der Waals surface area contributed by atoms with Crippen LogP contribution in [0.1, 0.15) is 24.1 Å². The smallest absolute Gasteiger partial charge is 0.159 e. The Morgan fingerprint density at radius 1 is 1.22 bits per heavy atom. The molecule has 1 aromatic carbocycles. The van der Waals surface area contributed by atoms with Gasteiger partial charge in [-0.3, -0.25) is 4.98 Å². The lowest BCUT2D eigenvalue weighted by Crippen LogP contribution is -2.18. The van der Waals surface area contributed by atoms with Gasteiger partial charge in [0.1, 0.15) is 0 Å². The normalized spacial score (nSPS) is 12.4. The van der Waals surface area contributed by atoms with Crippen LogP contribution in [0.25, 0.3) is 0 Å². The van der Waals surface area contributed by atoms with Gasteiger partial charge in [-0.1, -0.05) is 12.1 Å². The average Bonchev–Trinajstić information content (AvgIpc) is 2.40. The van der Waals surface area contributed by atoms with Crippen LogP contribution in [0.2, 0.25) is 0 Å². The maximum Gasteiger partial charge on any atom is 0.159 e. The summed E-state index contributed by atoms with van der Waals surface area (Å²) in [5.74, 6) is -1.64. The zero-order valence-corrected chi connectivity index (χ0v) is 10.0. The van der Waals surface area contributed by atoms with Crippen molar-refractivity contribution in [2.75, 3.05) is 0 Å². The molecule has 0 saturated carbocycles. The standard InChI is InChI=1S/C14H14F2N2/c1-10(12-4-5-13(15)14(16)7-12)18-9-11-3-2-6-17-8-11/h2-8,10,18H,9H2,1H3. The van der Waals surface area contributed by atoms with Crippen LogP contribution in [0.3, 0.4) is 0 Å². The average molecular weight is 248 g/mol. The molecule has 0 fully saturated rings. The third-order valence-corrected chi connectivity index (χ3v) is 2.78. The molecule has 0 aliphatic heterocycles. The van der Waals surface area contributed by atoms with E-state index in [2.05, 4.69) is 10.3 Å². The van der Waals surface area contributed by atoms with Crippen molar-refractivity contribution in [3.05, 3.63) is 65.5 Å². The number of halogens is 2. The lowest BCUT2D eigenvalue weighted by molar-refractivity contribution is 0.500. The number of hydrogen-bond donors (Lipinski definition) is 1. The molecular weight excluding hydrogens is 234 g/mol. The molecule has 0 spiro atoms. The maximum atomic E-state index is 13.1. The van der Waals surface area contributed by atoms with E-state index in [0.29, 0.717) is 6.54 Å². The molecule has 4 heteroatoms. The summed E-state index contributed by atoms with van der Waals surface area (Å²) in [6.07, 6.45) is 3.48. The van der Waals surface area contributed by atoms with Gasteiger partial charge in [0.15, 0.2) is 11.6 Å². The Morgan fingerprint density at radius 2 is 2.06 bits per heavy atom. The molecule has 2 rings (SSSR count). The Morgan fingerprint density at radius 3 is 2.72 bits per heavy atom. The van der Waals surface area contributed by atoms with Crippen LogP contribution in [0.4, 0.5) is 8.78 Å². The largest absolute Gasteiger partial charge is 0.306 e. The van der Waals surface area contributed by atoms with Gasteiger partial charge in [0.05, 0.1) is 0 Å². The highest BCUT2D eigenvalue weighted by atomic mass is 19.2. The summed E-state index contributed by atoms with van der Waals surface area (Å²) in [7, 11) is 0. The molecule has 1 atom stereocenters. The van der Waals surface area contributed by atoms with Crippen LogP contribution in [0.15, 0.2) is 42.7 Å². The van der Waals surface area contributed by atoms with E-state index in [1.54, 1.807) is 18.5 Å². The Labute approximate surface area is 105 Å². The molecule has 0 aliphatic rings. The minimum atomic E-state index is -0.821. The molecule has 2 nitrogen and oxygen atoms in total. The summed E-state index contributed by atoms with van der Waals surface area (Å²) in [6.45, 7) is 2.54. The maximum absolute atomic E-state index is 13.1. The summed E-state index contributed by atoms with van der Waals surface area (Å²) in [6, 6.07) is 7.71. The fourth-order valence-electron chi connectivity index (χ4n) is 1.67. The highest BCUT2D eigenvalue weighted by Gasteiger charge is 2.08. The molecule has 0 aliphatic carbocycles. The van der Waals surface area contributed by atoms with E-state index < -0.39 is 11.6 Å². The Bertz CT molecular complexity index is 514. The molecule has 1 N–H and O–H groups in total. The van der Waals surface area contributed by atoms with Gasteiger partial charge in [-0.05, 0) is 36.2 Å². The summed E-state index contributed by atoms with van der Waals surface area (Å²) in [5, 5.41) is 3.23. The molecule has 1 aromatic heterocycles. The highest BCUT2D eigenvalue weighted by molar-refractivity contribution is 5.21. The van der Waals surface area contributed by atoms with Crippen LogP contribution in [0, 0.1) is 11.6 Å². The molecule has 18 heavy (non-hydrogen) atoms. The Hall–Kier alpha value is -1.81. The third-order valence-electron chi connectivity index (χ3n) is 2.78. The molecule has 0 saturated heterocycles. The second-order valence-corrected chi connectivity index (χ2v) is 4.14. The van der Waals surface area contributed by atoms with Gasteiger partial charge in [-0.15, -0.1) is 0 Å². The van der Waals surface area contributed by atoms with Crippen LogP contribution in [0.5, 0.6) is 0 Å². The number of hydrogen-bond acceptors (Lipinski definition) is 2. The number of nitrogens with one attached hydrogen (secondary N) is 1. The molecule has 1 unspecified atom stereocenters. The number of rotatable bonds is 4. The lowest BCUT2D eigenvalue weighted by atomic mass is 10.1. The van der Waals surface area contributed by atoms with Crippen LogP contribution < -0.4 is 5.32 Å². The Balaban J connectivity index is 1.99. The van der Waals surface area contributed by atoms with Crippen molar-refractivity contribution >= 4 is 0 Å². The lowest BCUT2D eigenvalue weighted by Gasteiger charge is -2.14. The summed E-state index contributed by atoms with van der Waals surface area (Å²) in [5.41, 5.74) is 1.77. The first-order valence-corrected chi connectivity index (χ1v) is 5.74.